The Morgan fingerprint density at radius 2 is 2.29 bits per heavy atom. The van der Waals surface area contributed by atoms with Crippen LogP contribution in [0.2, 0.25) is 0 Å². The first-order valence-corrected chi connectivity index (χ1v) is 5.16. The molecule has 3 nitrogen and oxygen atoms in total. The second-order valence-corrected chi connectivity index (χ2v) is 4.04. The quantitative estimate of drug-likeness (QED) is 0.650. The van der Waals surface area contributed by atoms with Crippen LogP contribution in [0.3, 0.4) is 0 Å². The molecular formula is C10H8INO2. The maximum atomic E-state index is 11.2. The zero-order valence-electron chi connectivity index (χ0n) is 7.50. The van der Waals surface area contributed by atoms with E-state index in [4.69, 9.17) is 0 Å². The van der Waals surface area contributed by atoms with Crippen LogP contribution < -0.4 is 0 Å². The Labute approximate surface area is 94.6 Å². The van der Waals surface area contributed by atoms with Gasteiger partial charge in [0.1, 0.15) is 5.69 Å². The highest BCUT2D eigenvalue weighted by Crippen LogP contribution is 2.21. The van der Waals surface area contributed by atoms with Gasteiger partial charge in [-0.15, -0.1) is 0 Å². The molecule has 0 atom stereocenters. The van der Waals surface area contributed by atoms with E-state index in [0.29, 0.717) is 5.69 Å². The average molecular weight is 301 g/mol. The molecule has 2 rings (SSSR count). The van der Waals surface area contributed by atoms with E-state index in [1.54, 1.807) is 0 Å². The molecule has 0 spiro atoms. The molecule has 0 bridgehead atoms. The summed E-state index contributed by atoms with van der Waals surface area (Å²) in [6.45, 7) is 0. The smallest absolute Gasteiger partial charge is 0.354 e. The fraction of sp³-hybridized carbons (Fsp3) is 0.100. The van der Waals surface area contributed by atoms with Crippen LogP contribution in [-0.2, 0) is 4.74 Å². The standard InChI is InChI=1S/C10H8INO2/c1-14-10(13)9-5-6-7(11)3-2-4-8(6)12-9/h2-5,12H,1H3. The number of halogens is 1. The lowest BCUT2D eigenvalue weighted by Gasteiger charge is -1.91. The number of methoxy groups -OCH3 is 1. The Morgan fingerprint density at radius 1 is 1.50 bits per heavy atom. The molecule has 72 valence electrons. The molecule has 0 aliphatic carbocycles. The molecule has 0 aliphatic heterocycles. The van der Waals surface area contributed by atoms with Gasteiger partial charge in [0.05, 0.1) is 7.11 Å². The van der Waals surface area contributed by atoms with Crippen molar-refractivity contribution in [3.63, 3.8) is 0 Å². The third-order valence-electron chi connectivity index (χ3n) is 2.02. The Kier molecular flexibility index (Phi) is 2.45. The van der Waals surface area contributed by atoms with E-state index in [9.17, 15) is 4.79 Å². The zero-order chi connectivity index (χ0) is 10.1. The first kappa shape index (κ1) is 9.51. The number of nitrogens with one attached hydrogen (secondary N) is 1. The number of rotatable bonds is 1. The van der Waals surface area contributed by atoms with Crippen molar-refractivity contribution in [2.45, 2.75) is 0 Å². The third-order valence-corrected chi connectivity index (χ3v) is 2.96. The number of aromatic nitrogens is 1. The summed E-state index contributed by atoms with van der Waals surface area (Å²) in [6, 6.07) is 7.69. The monoisotopic (exact) mass is 301 g/mol. The van der Waals surface area contributed by atoms with Crippen LogP contribution >= 0.6 is 22.6 Å². The van der Waals surface area contributed by atoms with E-state index in [1.807, 2.05) is 24.3 Å². The van der Waals surface area contributed by atoms with Crippen molar-refractivity contribution in [1.82, 2.24) is 4.98 Å². The van der Waals surface area contributed by atoms with Crippen LogP contribution in [0.25, 0.3) is 10.9 Å². The number of carbonyl (C=O) groups is 1. The molecule has 4 heteroatoms. The molecule has 1 aromatic carbocycles. The molecule has 2 aromatic rings. The van der Waals surface area contributed by atoms with Crippen molar-refractivity contribution in [1.29, 1.82) is 0 Å². The third kappa shape index (κ3) is 1.50. The molecule has 14 heavy (non-hydrogen) atoms. The minimum Gasteiger partial charge on any atom is -0.464 e. The van der Waals surface area contributed by atoms with Gasteiger partial charge in [0.25, 0.3) is 0 Å². The maximum Gasteiger partial charge on any atom is 0.354 e. The number of ether oxygens (including phenoxy) is 1. The lowest BCUT2D eigenvalue weighted by Crippen LogP contribution is -2.00. The van der Waals surface area contributed by atoms with Gasteiger partial charge in [-0.05, 0) is 40.8 Å². The Morgan fingerprint density at radius 3 is 2.93 bits per heavy atom. The summed E-state index contributed by atoms with van der Waals surface area (Å²) in [5.74, 6) is -0.336. The van der Waals surface area contributed by atoms with Gasteiger partial charge in [0, 0.05) is 14.5 Å². The van der Waals surface area contributed by atoms with E-state index in [2.05, 4.69) is 32.3 Å². The molecule has 0 saturated heterocycles. The zero-order valence-corrected chi connectivity index (χ0v) is 9.66. The second kappa shape index (κ2) is 3.61. The van der Waals surface area contributed by atoms with E-state index in [1.165, 1.54) is 7.11 Å². The van der Waals surface area contributed by atoms with Gasteiger partial charge in [-0.2, -0.15) is 0 Å². The van der Waals surface area contributed by atoms with Gasteiger partial charge in [0.2, 0.25) is 0 Å². The van der Waals surface area contributed by atoms with Crippen molar-refractivity contribution < 1.29 is 9.53 Å². The van der Waals surface area contributed by atoms with Crippen LogP contribution in [0, 0.1) is 3.57 Å². The first-order chi connectivity index (χ1) is 6.72. The number of hydrogen-bond donors (Lipinski definition) is 1. The lowest BCUT2D eigenvalue weighted by atomic mass is 10.2. The molecule has 1 N–H and O–H groups in total. The molecule has 1 heterocycles. The summed E-state index contributed by atoms with van der Waals surface area (Å²) in [5.41, 5.74) is 1.45. The van der Waals surface area contributed by atoms with E-state index in [-0.39, 0.29) is 5.97 Å². The normalized spacial score (nSPS) is 10.4. The number of aromatic amines is 1. The summed E-state index contributed by atoms with van der Waals surface area (Å²) >= 11 is 2.23. The van der Waals surface area contributed by atoms with Crippen LogP contribution in [0.4, 0.5) is 0 Å². The van der Waals surface area contributed by atoms with Crippen molar-refractivity contribution in [2.24, 2.45) is 0 Å². The van der Waals surface area contributed by atoms with Crippen molar-refractivity contribution in [2.75, 3.05) is 7.11 Å². The van der Waals surface area contributed by atoms with Gasteiger partial charge in [-0.1, -0.05) is 6.07 Å². The highest BCUT2D eigenvalue weighted by molar-refractivity contribution is 14.1. The molecule has 0 unspecified atom stereocenters. The minimum absolute atomic E-state index is 0.336. The molecule has 0 amide bonds. The van der Waals surface area contributed by atoms with Crippen LogP contribution in [0.15, 0.2) is 24.3 Å². The largest absolute Gasteiger partial charge is 0.464 e. The lowest BCUT2D eigenvalue weighted by molar-refractivity contribution is 0.0595. The molecule has 1 aromatic heterocycles. The number of benzene rings is 1. The minimum atomic E-state index is -0.336. The van der Waals surface area contributed by atoms with Gasteiger partial charge in [-0.25, -0.2) is 4.79 Å². The van der Waals surface area contributed by atoms with Crippen LogP contribution in [-0.4, -0.2) is 18.1 Å². The van der Waals surface area contributed by atoms with Gasteiger partial charge >= 0.3 is 5.97 Å². The van der Waals surface area contributed by atoms with Crippen molar-refractivity contribution >= 4 is 39.5 Å². The predicted molar refractivity (Wildman–Crippen MR) is 62.4 cm³/mol. The van der Waals surface area contributed by atoms with E-state index < -0.39 is 0 Å². The highest BCUT2D eigenvalue weighted by atomic mass is 127. The number of fused-ring (bicyclic) bond motifs is 1. The van der Waals surface area contributed by atoms with Crippen molar-refractivity contribution in [3.8, 4) is 0 Å². The Balaban J connectivity index is 2.62. The fourth-order valence-electron chi connectivity index (χ4n) is 1.34. The average Bonchev–Trinajstić information content (AvgIpc) is 2.62. The van der Waals surface area contributed by atoms with E-state index >= 15 is 0 Å². The summed E-state index contributed by atoms with van der Waals surface area (Å²) in [7, 11) is 1.37. The van der Waals surface area contributed by atoms with Crippen LogP contribution in [0.1, 0.15) is 10.5 Å². The van der Waals surface area contributed by atoms with Crippen LogP contribution in [0.5, 0.6) is 0 Å². The van der Waals surface area contributed by atoms with Crippen molar-refractivity contribution in [3.05, 3.63) is 33.5 Å². The summed E-state index contributed by atoms with van der Waals surface area (Å²) < 4.78 is 5.75. The molecular weight excluding hydrogens is 293 g/mol. The topological polar surface area (TPSA) is 42.1 Å². The number of esters is 1. The summed E-state index contributed by atoms with van der Waals surface area (Å²) in [4.78, 5) is 14.2. The molecule has 0 fully saturated rings. The SMILES string of the molecule is COC(=O)c1cc2c(I)cccc2[nH]1. The number of carbonyl (C=O) groups excluding carboxylic acids is 1. The van der Waals surface area contributed by atoms with Gasteiger partial charge in [0.15, 0.2) is 0 Å². The van der Waals surface area contributed by atoms with E-state index in [0.717, 1.165) is 14.5 Å². The van der Waals surface area contributed by atoms with Gasteiger partial charge in [-0.3, -0.25) is 0 Å². The second-order valence-electron chi connectivity index (χ2n) is 2.88. The first-order valence-electron chi connectivity index (χ1n) is 4.08. The molecule has 0 radical (unpaired) electrons. The predicted octanol–water partition coefficient (Wildman–Crippen LogP) is 2.56. The number of hydrogen-bond acceptors (Lipinski definition) is 2. The number of H-pyrrole nitrogens is 1. The fourth-order valence-corrected chi connectivity index (χ4v) is 1.99. The summed E-state index contributed by atoms with van der Waals surface area (Å²) in [5, 5.41) is 1.05. The van der Waals surface area contributed by atoms with Gasteiger partial charge < -0.3 is 9.72 Å². The highest BCUT2D eigenvalue weighted by Gasteiger charge is 2.10. The Hall–Kier alpha value is -1.04. The Bertz CT molecular complexity index is 490. The maximum absolute atomic E-state index is 11.2. The molecule has 0 aliphatic rings. The molecule has 0 saturated carbocycles. The summed E-state index contributed by atoms with van der Waals surface area (Å²) in [6.07, 6.45) is 0.